The van der Waals surface area contributed by atoms with E-state index in [1.807, 2.05) is 34.6 Å². The predicted molar refractivity (Wildman–Crippen MR) is 173 cm³/mol. The highest BCUT2D eigenvalue weighted by Crippen LogP contribution is 2.67. The summed E-state index contributed by atoms with van der Waals surface area (Å²) in [5.41, 5.74) is -2.98. The fraction of sp³-hybridized carbons (Fsp3) is 0.686. The molecule has 5 rings (SSSR count). The van der Waals surface area contributed by atoms with Crippen molar-refractivity contribution < 1.29 is 37.4 Å². The summed E-state index contributed by atoms with van der Waals surface area (Å²) in [7, 11) is -3.59. The van der Waals surface area contributed by atoms with Crippen LogP contribution in [0.2, 0.25) is 12.1 Å². The molecule has 0 saturated heterocycles. The second kappa shape index (κ2) is 13.1. The molecule has 0 spiro atoms. The Morgan fingerprint density at radius 3 is 2.46 bits per heavy atom. The van der Waals surface area contributed by atoms with E-state index in [9.17, 15) is 19.8 Å². The van der Waals surface area contributed by atoms with Gasteiger partial charge in [0.2, 0.25) is 0 Å². The van der Waals surface area contributed by atoms with Crippen LogP contribution in [0, 0.1) is 22.7 Å². The number of aliphatic hydroxyl groups excluding tert-OH is 2. The first-order valence-electron chi connectivity index (χ1n) is 16.9. The zero-order valence-electron chi connectivity index (χ0n) is 28.0. The molecule has 1 aliphatic heterocycles. The van der Waals surface area contributed by atoms with Crippen molar-refractivity contribution in [3.8, 4) is 17.1 Å². The van der Waals surface area contributed by atoms with Crippen LogP contribution < -0.4 is 10.4 Å². The lowest BCUT2D eigenvalue weighted by atomic mass is 9.42. The molecule has 0 aromatic carbocycles. The first-order chi connectivity index (χ1) is 21.8. The van der Waals surface area contributed by atoms with E-state index in [0.29, 0.717) is 36.9 Å². The standard InChI is InChI=1S/C35H50FNO8Si/c1-7-9-16-46(36,17-10-8-2)45-27-13-14-33(4)26(34(27,5)21-38)19-28(42-22(3)39)35(6)31(33)30(40)29-25(44-35)18-24(43-32(29)41)23-12-11-15-37-20-23/h11-12,15,18,20,26-28,30-31,38,40H,7-10,13-14,16-17,19,21H2,1-6H3/t26?,27-,28-,30-,31?,33-,34?,35+/m0/s1. The smallest absolute Gasteiger partial charge is 0.383 e. The van der Waals surface area contributed by atoms with Crippen molar-refractivity contribution in [3.05, 3.63) is 46.6 Å². The number of halogens is 1. The van der Waals surface area contributed by atoms with Crippen LogP contribution in [0.25, 0.3) is 11.3 Å². The van der Waals surface area contributed by atoms with Gasteiger partial charge in [0.25, 0.3) is 0 Å². The molecule has 9 nitrogen and oxygen atoms in total. The van der Waals surface area contributed by atoms with Crippen molar-refractivity contribution in [1.82, 2.24) is 4.98 Å². The molecule has 0 radical (unpaired) electrons. The molecule has 11 heteroatoms. The summed E-state index contributed by atoms with van der Waals surface area (Å²) in [5.74, 6) is -1.18. The van der Waals surface area contributed by atoms with E-state index in [-0.39, 0.29) is 29.6 Å². The van der Waals surface area contributed by atoms with Crippen LogP contribution in [0.15, 0.2) is 39.8 Å². The molecule has 3 unspecified atom stereocenters. The molecular formula is C35H50FNO8Si. The van der Waals surface area contributed by atoms with Crippen LogP contribution in [0.5, 0.6) is 5.75 Å². The number of hydrogen-bond donors (Lipinski definition) is 2. The van der Waals surface area contributed by atoms with E-state index < -0.39 is 60.9 Å². The Morgan fingerprint density at radius 1 is 1.17 bits per heavy atom. The lowest BCUT2D eigenvalue weighted by Crippen LogP contribution is -2.71. The molecule has 2 aromatic rings. The van der Waals surface area contributed by atoms with Crippen molar-refractivity contribution in [2.45, 2.75) is 122 Å². The van der Waals surface area contributed by atoms with E-state index in [4.69, 9.17) is 18.3 Å². The normalized spacial score (nSPS) is 33.7. The number of aliphatic hydroxyl groups is 2. The number of nitrogens with zero attached hydrogens (tertiary/aromatic N) is 1. The molecule has 0 amide bonds. The van der Waals surface area contributed by atoms with Gasteiger partial charge in [-0.15, -0.1) is 0 Å². The quantitative estimate of drug-likeness (QED) is 0.155. The Bertz CT molecular complexity index is 1450. The number of hydrogen-bond acceptors (Lipinski definition) is 9. The van der Waals surface area contributed by atoms with Gasteiger partial charge in [0.05, 0.1) is 18.8 Å². The summed E-state index contributed by atoms with van der Waals surface area (Å²) >= 11 is 0. The molecule has 46 heavy (non-hydrogen) atoms. The van der Waals surface area contributed by atoms with Crippen molar-refractivity contribution in [2.24, 2.45) is 22.7 Å². The first kappa shape index (κ1) is 34.7. The molecule has 2 fully saturated rings. The Morgan fingerprint density at radius 2 is 1.87 bits per heavy atom. The van der Waals surface area contributed by atoms with E-state index in [1.54, 1.807) is 30.6 Å². The van der Waals surface area contributed by atoms with Gasteiger partial charge in [-0.2, -0.15) is 0 Å². The summed E-state index contributed by atoms with van der Waals surface area (Å²) in [6.07, 6.45) is 5.04. The van der Waals surface area contributed by atoms with Gasteiger partial charge in [0.15, 0.2) is 0 Å². The minimum Gasteiger partial charge on any atom is -0.482 e. The zero-order valence-corrected chi connectivity index (χ0v) is 29.0. The third kappa shape index (κ3) is 5.97. The van der Waals surface area contributed by atoms with Gasteiger partial charge in [-0.25, -0.2) is 4.79 Å². The summed E-state index contributed by atoms with van der Waals surface area (Å²) in [6.45, 7) is 10.9. The number of rotatable bonds is 11. The average Bonchev–Trinajstić information content (AvgIpc) is 3.01. The molecule has 2 aromatic heterocycles. The Labute approximate surface area is 272 Å². The number of ether oxygens (including phenoxy) is 2. The maximum Gasteiger partial charge on any atom is 0.383 e. The maximum atomic E-state index is 16.6. The second-order valence-corrected chi connectivity index (χ2v) is 17.4. The molecular weight excluding hydrogens is 609 g/mol. The number of pyridine rings is 1. The number of fused-ring (bicyclic) bond motifs is 4. The Kier molecular flexibility index (Phi) is 9.91. The minimum absolute atomic E-state index is 0.0111. The van der Waals surface area contributed by atoms with Gasteiger partial charge in [-0.1, -0.05) is 53.4 Å². The van der Waals surface area contributed by atoms with Crippen molar-refractivity contribution in [1.29, 1.82) is 0 Å². The van der Waals surface area contributed by atoms with E-state index in [0.717, 1.165) is 25.7 Å². The number of esters is 1. The molecule has 8 atom stereocenters. The Hall–Kier alpha value is -2.60. The molecule has 2 aliphatic carbocycles. The van der Waals surface area contributed by atoms with Crippen molar-refractivity contribution >= 4 is 14.6 Å². The van der Waals surface area contributed by atoms with Gasteiger partial charge in [0.1, 0.15) is 28.8 Å². The van der Waals surface area contributed by atoms with E-state index >= 15 is 4.11 Å². The molecule has 3 aliphatic rings. The summed E-state index contributed by atoms with van der Waals surface area (Å²) in [5, 5.41) is 23.3. The fourth-order valence-electron chi connectivity index (χ4n) is 8.98. The number of carbonyl (C=O) groups is 1. The van der Waals surface area contributed by atoms with Gasteiger partial charge < -0.3 is 28.5 Å². The minimum atomic E-state index is -3.59. The molecule has 254 valence electrons. The first-order valence-corrected chi connectivity index (χ1v) is 19.1. The number of aromatic nitrogens is 1. The molecule has 0 bridgehead atoms. The van der Waals surface area contributed by atoms with Gasteiger partial charge >= 0.3 is 20.2 Å². The highest BCUT2D eigenvalue weighted by Gasteiger charge is 2.70. The van der Waals surface area contributed by atoms with E-state index in [2.05, 4.69) is 4.98 Å². The largest absolute Gasteiger partial charge is 0.482 e. The highest BCUT2D eigenvalue weighted by atomic mass is 28.4. The lowest BCUT2D eigenvalue weighted by molar-refractivity contribution is -0.267. The third-order valence-electron chi connectivity index (χ3n) is 11.3. The predicted octanol–water partition coefficient (Wildman–Crippen LogP) is 6.65. The second-order valence-electron chi connectivity index (χ2n) is 14.4. The van der Waals surface area contributed by atoms with Crippen LogP contribution in [0.4, 0.5) is 4.11 Å². The maximum absolute atomic E-state index is 16.6. The topological polar surface area (TPSA) is 128 Å². The summed E-state index contributed by atoms with van der Waals surface area (Å²) in [6, 6.07) is 5.89. The van der Waals surface area contributed by atoms with Gasteiger partial charge in [0, 0.05) is 42.3 Å². The average molecular weight is 660 g/mol. The van der Waals surface area contributed by atoms with E-state index in [1.165, 1.54) is 6.92 Å². The number of unbranched alkanes of at least 4 members (excludes halogenated alkanes) is 2. The third-order valence-corrected chi connectivity index (χ3v) is 14.2. The van der Waals surface area contributed by atoms with Crippen LogP contribution in [-0.2, 0) is 14.0 Å². The Balaban J connectivity index is 1.58. The number of carbonyl (C=O) groups excluding carboxylic acids is 1. The molecule has 3 heterocycles. The van der Waals surface area contributed by atoms with Crippen LogP contribution >= 0.6 is 0 Å². The monoisotopic (exact) mass is 659 g/mol. The molecule has 2 N–H and O–H groups in total. The van der Waals surface area contributed by atoms with Crippen molar-refractivity contribution in [3.63, 3.8) is 0 Å². The highest BCUT2D eigenvalue weighted by molar-refractivity contribution is 6.66. The zero-order chi connectivity index (χ0) is 33.5. The van der Waals surface area contributed by atoms with Gasteiger partial charge in [-0.05, 0) is 61.7 Å². The van der Waals surface area contributed by atoms with Crippen LogP contribution in [0.3, 0.4) is 0 Å². The summed E-state index contributed by atoms with van der Waals surface area (Å²) in [4.78, 5) is 30.2. The molecule has 2 saturated carbocycles. The van der Waals surface area contributed by atoms with Crippen molar-refractivity contribution in [2.75, 3.05) is 6.61 Å². The summed E-state index contributed by atoms with van der Waals surface area (Å²) < 4.78 is 41.5. The van der Waals surface area contributed by atoms with Crippen LogP contribution in [0.1, 0.15) is 98.2 Å². The lowest BCUT2D eigenvalue weighted by Gasteiger charge is -2.67. The van der Waals surface area contributed by atoms with Gasteiger partial charge in [-0.3, -0.25) is 13.9 Å². The van der Waals surface area contributed by atoms with Crippen LogP contribution in [-0.4, -0.2) is 54.2 Å². The fourth-order valence-corrected chi connectivity index (χ4v) is 12.1. The SMILES string of the molecule is CCCC[Si](F)(CCCC)O[C@H]1CC[C@@]2(C)C(C[C@H](OC(C)=O)[C@@]3(C)Oc4cc(-c5cccnc5)oc(=O)c4[C@H](O)C23)C1(C)CO.